The SMILES string of the molecule is C[N+](C)(C)CCCC1CCC(CC[n+]2ccccc2)CC1.[Br-].[Br-]. The molecule has 4 heteroatoms. The summed E-state index contributed by atoms with van der Waals surface area (Å²) < 4.78 is 3.44. The molecule has 134 valence electrons. The summed E-state index contributed by atoms with van der Waals surface area (Å²) in [5, 5.41) is 0. The molecule has 1 aliphatic rings. The van der Waals surface area contributed by atoms with E-state index in [1.54, 1.807) is 0 Å². The van der Waals surface area contributed by atoms with Crippen LogP contribution in [0, 0.1) is 11.8 Å². The van der Waals surface area contributed by atoms with Crippen molar-refractivity contribution in [1.29, 1.82) is 0 Å². The van der Waals surface area contributed by atoms with Gasteiger partial charge in [-0.2, -0.15) is 0 Å². The van der Waals surface area contributed by atoms with Crippen molar-refractivity contribution >= 4 is 0 Å². The van der Waals surface area contributed by atoms with Crippen LogP contribution in [0.15, 0.2) is 30.6 Å². The van der Waals surface area contributed by atoms with E-state index in [0.29, 0.717) is 0 Å². The average molecular weight is 450 g/mol. The molecule has 1 aromatic rings. The van der Waals surface area contributed by atoms with Crippen molar-refractivity contribution in [3.8, 4) is 0 Å². The summed E-state index contributed by atoms with van der Waals surface area (Å²) >= 11 is 0. The summed E-state index contributed by atoms with van der Waals surface area (Å²) in [6, 6.07) is 6.35. The molecule has 0 N–H and O–H groups in total. The highest BCUT2D eigenvalue weighted by Gasteiger charge is 2.22. The molecule has 0 aliphatic heterocycles. The molecule has 0 aromatic carbocycles. The number of pyridine rings is 1. The predicted octanol–water partition coefficient (Wildman–Crippen LogP) is -2.33. The van der Waals surface area contributed by atoms with E-state index in [2.05, 4.69) is 56.3 Å². The number of aryl methyl sites for hydroxylation is 1. The normalized spacial score (nSPS) is 21.2. The highest BCUT2D eigenvalue weighted by Crippen LogP contribution is 2.33. The van der Waals surface area contributed by atoms with E-state index in [0.717, 1.165) is 16.3 Å². The highest BCUT2D eigenvalue weighted by atomic mass is 79.9. The van der Waals surface area contributed by atoms with E-state index in [4.69, 9.17) is 0 Å². The van der Waals surface area contributed by atoms with Gasteiger partial charge in [-0.25, -0.2) is 4.57 Å². The summed E-state index contributed by atoms with van der Waals surface area (Å²) in [4.78, 5) is 0. The number of quaternary nitrogens is 1. The lowest BCUT2D eigenvalue weighted by atomic mass is 9.78. The standard InChI is InChI=1S/C19H34N2.2BrH/c1-21(2,3)17-7-8-18-9-11-19(12-10-18)13-16-20-14-5-4-6-15-20;;/h4-6,14-15,18-19H,7-13,16-17H2,1-3H3;2*1H/q+2;;/p-2. The summed E-state index contributed by atoms with van der Waals surface area (Å²) in [7, 11) is 6.91. The number of hydrogen-bond acceptors (Lipinski definition) is 0. The van der Waals surface area contributed by atoms with Crippen LogP contribution in [0.2, 0.25) is 0 Å². The average Bonchev–Trinajstić information content (AvgIpc) is 2.46. The number of rotatable bonds is 7. The largest absolute Gasteiger partial charge is 1.00 e. The van der Waals surface area contributed by atoms with Crippen LogP contribution >= 0.6 is 0 Å². The maximum atomic E-state index is 2.33. The fraction of sp³-hybridized carbons (Fsp3) is 0.737. The second-order valence-electron chi connectivity index (χ2n) is 7.94. The predicted molar refractivity (Wildman–Crippen MR) is 88.8 cm³/mol. The van der Waals surface area contributed by atoms with Gasteiger partial charge in [-0.05, 0) is 37.5 Å². The molecule has 0 amide bonds. The Bertz CT molecular complexity index is 396. The van der Waals surface area contributed by atoms with Crippen LogP contribution in [0.4, 0.5) is 0 Å². The van der Waals surface area contributed by atoms with E-state index >= 15 is 0 Å². The first-order valence-electron chi connectivity index (χ1n) is 8.77. The van der Waals surface area contributed by atoms with Crippen LogP contribution < -0.4 is 38.5 Å². The van der Waals surface area contributed by atoms with Gasteiger partial charge in [0.05, 0.1) is 27.7 Å². The lowest BCUT2D eigenvalue weighted by Crippen LogP contribution is -3.00. The molecule has 0 spiro atoms. The van der Waals surface area contributed by atoms with Gasteiger partial charge in [0, 0.05) is 18.6 Å². The number of hydrogen-bond donors (Lipinski definition) is 0. The number of nitrogens with zero attached hydrogens (tertiary/aromatic N) is 2. The fourth-order valence-electron chi connectivity index (χ4n) is 3.58. The van der Waals surface area contributed by atoms with Crippen molar-refractivity contribution in [2.24, 2.45) is 11.8 Å². The molecule has 1 saturated carbocycles. The van der Waals surface area contributed by atoms with Gasteiger partial charge >= 0.3 is 0 Å². The minimum atomic E-state index is 0. The van der Waals surface area contributed by atoms with Crippen molar-refractivity contribution < 1.29 is 43.0 Å². The monoisotopic (exact) mass is 448 g/mol. The smallest absolute Gasteiger partial charge is 0.168 e. The minimum absolute atomic E-state index is 0. The molecule has 0 atom stereocenters. The maximum Gasteiger partial charge on any atom is 0.168 e. The summed E-state index contributed by atoms with van der Waals surface area (Å²) in [6.45, 7) is 2.52. The molecule has 23 heavy (non-hydrogen) atoms. The lowest BCUT2D eigenvalue weighted by Gasteiger charge is -2.29. The van der Waals surface area contributed by atoms with Crippen LogP contribution in [0.1, 0.15) is 44.9 Å². The van der Waals surface area contributed by atoms with Crippen LogP contribution in [0.25, 0.3) is 0 Å². The van der Waals surface area contributed by atoms with Crippen LogP contribution in [0.3, 0.4) is 0 Å². The van der Waals surface area contributed by atoms with E-state index < -0.39 is 0 Å². The minimum Gasteiger partial charge on any atom is -1.00 e. The topological polar surface area (TPSA) is 3.88 Å². The first-order valence-corrected chi connectivity index (χ1v) is 8.77. The Labute approximate surface area is 164 Å². The zero-order chi connectivity index (χ0) is 15.1. The van der Waals surface area contributed by atoms with Gasteiger partial charge in [0.15, 0.2) is 12.4 Å². The Morgan fingerprint density at radius 3 is 1.87 bits per heavy atom. The van der Waals surface area contributed by atoms with Gasteiger partial charge in [-0.15, -0.1) is 0 Å². The van der Waals surface area contributed by atoms with Crippen molar-refractivity contribution in [2.45, 2.75) is 51.5 Å². The first kappa shape index (κ1) is 23.1. The Kier molecular flexibility index (Phi) is 11.6. The molecular formula is C19H34Br2N2. The molecule has 0 bridgehead atoms. The molecule has 1 fully saturated rings. The van der Waals surface area contributed by atoms with Crippen molar-refractivity contribution in [1.82, 2.24) is 0 Å². The van der Waals surface area contributed by atoms with Gasteiger partial charge in [0.1, 0.15) is 6.54 Å². The van der Waals surface area contributed by atoms with E-state index in [1.165, 1.54) is 58.0 Å². The van der Waals surface area contributed by atoms with Crippen LogP contribution in [-0.2, 0) is 6.54 Å². The quantitative estimate of drug-likeness (QED) is 0.324. The van der Waals surface area contributed by atoms with Gasteiger partial charge in [0.25, 0.3) is 0 Å². The Morgan fingerprint density at radius 2 is 1.35 bits per heavy atom. The molecule has 1 heterocycles. The highest BCUT2D eigenvalue weighted by molar-refractivity contribution is 4.83. The molecule has 2 nitrogen and oxygen atoms in total. The molecule has 1 aromatic heterocycles. The van der Waals surface area contributed by atoms with Gasteiger partial charge in [-0.3, -0.25) is 0 Å². The van der Waals surface area contributed by atoms with Crippen LogP contribution in [-0.4, -0.2) is 32.2 Å². The Hall–Kier alpha value is 0.0700. The van der Waals surface area contributed by atoms with Crippen LogP contribution in [0.5, 0.6) is 0 Å². The first-order chi connectivity index (χ1) is 10.0. The second-order valence-corrected chi connectivity index (χ2v) is 7.94. The number of halogens is 2. The third-order valence-corrected chi connectivity index (χ3v) is 4.98. The van der Waals surface area contributed by atoms with E-state index in [1.807, 2.05) is 0 Å². The third-order valence-electron chi connectivity index (χ3n) is 4.98. The van der Waals surface area contributed by atoms with Crippen molar-refractivity contribution in [3.63, 3.8) is 0 Å². The van der Waals surface area contributed by atoms with Crippen molar-refractivity contribution in [3.05, 3.63) is 30.6 Å². The van der Waals surface area contributed by atoms with Gasteiger partial charge in [-0.1, -0.05) is 18.9 Å². The molecule has 2 rings (SSSR count). The second kappa shape index (κ2) is 11.6. The zero-order valence-corrected chi connectivity index (χ0v) is 18.2. The molecule has 1 aliphatic carbocycles. The van der Waals surface area contributed by atoms with Gasteiger partial charge in [0.2, 0.25) is 0 Å². The fourth-order valence-corrected chi connectivity index (χ4v) is 3.58. The van der Waals surface area contributed by atoms with E-state index in [-0.39, 0.29) is 34.0 Å². The zero-order valence-electron chi connectivity index (χ0n) is 15.1. The molecule has 0 unspecified atom stereocenters. The summed E-state index contributed by atoms with van der Waals surface area (Å²) in [5.41, 5.74) is 0. The summed E-state index contributed by atoms with van der Waals surface area (Å²) in [6.07, 6.45) is 14.5. The van der Waals surface area contributed by atoms with E-state index in [9.17, 15) is 0 Å². The molecule has 0 saturated heterocycles. The van der Waals surface area contributed by atoms with Gasteiger partial charge < -0.3 is 38.4 Å². The Morgan fingerprint density at radius 1 is 0.826 bits per heavy atom. The lowest BCUT2D eigenvalue weighted by molar-refractivity contribution is -0.870. The maximum absolute atomic E-state index is 2.33. The Balaban J connectivity index is 0.00000242. The molecular weight excluding hydrogens is 416 g/mol. The molecule has 0 radical (unpaired) electrons. The summed E-state index contributed by atoms with van der Waals surface area (Å²) in [5.74, 6) is 1.98. The van der Waals surface area contributed by atoms with Crippen molar-refractivity contribution in [2.75, 3.05) is 27.7 Å². The third kappa shape index (κ3) is 9.83. The number of aromatic nitrogens is 1.